The van der Waals surface area contributed by atoms with E-state index in [4.69, 9.17) is 9.47 Å². The molecule has 4 heterocycles. The van der Waals surface area contributed by atoms with Crippen molar-refractivity contribution < 1.29 is 22.6 Å². The minimum atomic E-state index is -4.59. The predicted molar refractivity (Wildman–Crippen MR) is 142 cm³/mol. The van der Waals surface area contributed by atoms with Crippen LogP contribution in [-0.2, 0) is 10.9 Å². The summed E-state index contributed by atoms with van der Waals surface area (Å²) in [6.45, 7) is 10.3. The van der Waals surface area contributed by atoms with Gasteiger partial charge in [0.1, 0.15) is 17.6 Å². The summed E-state index contributed by atoms with van der Waals surface area (Å²) in [6.07, 6.45) is -0.804. The number of aromatic nitrogens is 2. The SMILES string of the molecule is CCN1CCC(CCOc2ccc(-c3nc(C#N)nc4c3C(C)CN4CC3CCOC3)cc2C(F)(F)F)CC1. The minimum absolute atomic E-state index is 0.00875. The smallest absolute Gasteiger partial charge is 0.419 e. The Labute approximate surface area is 227 Å². The number of halogens is 3. The van der Waals surface area contributed by atoms with Crippen molar-refractivity contribution in [2.75, 3.05) is 57.4 Å². The molecule has 0 saturated carbocycles. The zero-order valence-electron chi connectivity index (χ0n) is 22.6. The molecule has 1 aromatic heterocycles. The lowest BCUT2D eigenvalue weighted by molar-refractivity contribution is -0.138. The van der Waals surface area contributed by atoms with Gasteiger partial charge in [0.25, 0.3) is 0 Å². The molecular formula is C29H36F3N5O2. The molecule has 0 bridgehead atoms. The highest BCUT2D eigenvalue weighted by molar-refractivity contribution is 5.74. The number of piperidine rings is 1. The number of ether oxygens (including phenoxy) is 2. The summed E-state index contributed by atoms with van der Waals surface area (Å²) in [5.74, 6) is 1.26. The van der Waals surface area contributed by atoms with Crippen molar-refractivity contribution in [2.24, 2.45) is 11.8 Å². The lowest BCUT2D eigenvalue weighted by atomic mass is 9.94. The molecule has 2 saturated heterocycles. The van der Waals surface area contributed by atoms with Gasteiger partial charge in [0, 0.05) is 42.7 Å². The van der Waals surface area contributed by atoms with Crippen molar-refractivity contribution in [3.8, 4) is 23.1 Å². The van der Waals surface area contributed by atoms with Crippen LogP contribution in [0, 0.1) is 23.2 Å². The molecule has 0 amide bonds. The molecule has 10 heteroatoms. The van der Waals surface area contributed by atoms with Gasteiger partial charge in [-0.05, 0) is 69.4 Å². The van der Waals surface area contributed by atoms with Gasteiger partial charge < -0.3 is 19.3 Å². The van der Waals surface area contributed by atoms with Crippen molar-refractivity contribution >= 4 is 5.82 Å². The van der Waals surface area contributed by atoms with Crippen LogP contribution < -0.4 is 9.64 Å². The summed E-state index contributed by atoms with van der Waals surface area (Å²) < 4.78 is 53.8. The van der Waals surface area contributed by atoms with E-state index in [9.17, 15) is 18.4 Å². The Morgan fingerprint density at radius 3 is 2.62 bits per heavy atom. The molecule has 210 valence electrons. The third kappa shape index (κ3) is 6.15. The third-order valence-corrected chi connectivity index (χ3v) is 8.31. The van der Waals surface area contributed by atoms with Gasteiger partial charge >= 0.3 is 6.18 Å². The van der Waals surface area contributed by atoms with Crippen LogP contribution >= 0.6 is 0 Å². The molecule has 2 atom stereocenters. The van der Waals surface area contributed by atoms with Gasteiger partial charge in [-0.25, -0.2) is 9.97 Å². The number of nitrogens with zero attached hydrogens (tertiary/aromatic N) is 5. The molecule has 3 aliphatic rings. The molecule has 5 rings (SSSR count). The molecule has 0 aliphatic carbocycles. The Hall–Kier alpha value is -2.90. The molecular weight excluding hydrogens is 507 g/mol. The van der Waals surface area contributed by atoms with Crippen LogP contribution in [0.2, 0.25) is 0 Å². The highest BCUT2D eigenvalue weighted by atomic mass is 19.4. The van der Waals surface area contributed by atoms with Crippen LogP contribution in [0.1, 0.15) is 62.4 Å². The minimum Gasteiger partial charge on any atom is -0.493 e. The molecule has 39 heavy (non-hydrogen) atoms. The number of anilines is 1. The molecule has 0 N–H and O–H groups in total. The van der Waals surface area contributed by atoms with E-state index in [1.807, 2.05) is 13.0 Å². The van der Waals surface area contributed by atoms with Crippen LogP contribution in [0.4, 0.5) is 19.0 Å². The molecule has 2 aromatic rings. The second-order valence-electron chi connectivity index (χ2n) is 11.0. The van der Waals surface area contributed by atoms with Gasteiger partial charge in [-0.3, -0.25) is 0 Å². The number of fused-ring (bicyclic) bond motifs is 1. The summed E-state index contributed by atoms with van der Waals surface area (Å²) in [5.41, 5.74) is 0.661. The normalized spacial score (nSPS) is 22.2. The molecule has 3 aliphatic heterocycles. The summed E-state index contributed by atoms with van der Waals surface area (Å²) in [4.78, 5) is 13.4. The van der Waals surface area contributed by atoms with Gasteiger partial charge in [-0.15, -0.1) is 0 Å². The first-order chi connectivity index (χ1) is 18.8. The van der Waals surface area contributed by atoms with Crippen molar-refractivity contribution in [2.45, 2.75) is 51.6 Å². The maximum absolute atomic E-state index is 14.2. The Morgan fingerprint density at radius 2 is 1.95 bits per heavy atom. The van der Waals surface area contributed by atoms with Gasteiger partial charge in [0.15, 0.2) is 0 Å². The van der Waals surface area contributed by atoms with E-state index in [2.05, 4.69) is 26.7 Å². The van der Waals surface area contributed by atoms with Crippen LogP contribution in [0.5, 0.6) is 5.75 Å². The molecule has 7 nitrogen and oxygen atoms in total. The summed E-state index contributed by atoms with van der Waals surface area (Å²) in [7, 11) is 0. The van der Waals surface area contributed by atoms with Crippen LogP contribution in [0.3, 0.4) is 0 Å². The Kier molecular flexibility index (Phi) is 8.29. The number of likely N-dealkylation sites (tertiary alicyclic amines) is 1. The Balaban J connectivity index is 1.39. The predicted octanol–water partition coefficient (Wildman–Crippen LogP) is 5.49. The molecule has 2 unspecified atom stereocenters. The van der Waals surface area contributed by atoms with E-state index < -0.39 is 11.7 Å². The summed E-state index contributed by atoms with van der Waals surface area (Å²) in [6, 6.07) is 6.12. The molecule has 0 spiro atoms. The molecule has 0 radical (unpaired) electrons. The van der Waals surface area contributed by atoms with Gasteiger partial charge in [-0.1, -0.05) is 13.8 Å². The zero-order chi connectivity index (χ0) is 27.6. The third-order valence-electron chi connectivity index (χ3n) is 8.31. The van der Waals surface area contributed by atoms with Crippen molar-refractivity contribution in [1.29, 1.82) is 5.26 Å². The second kappa shape index (κ2) is 11.7. The molecule has 1 aromatic carbocycles. The highest BCUT2D eigenvalue weighted by Gasteiger charge is 2.37. The quantitative estimate of drug-likeness (QED) is 0.436. The van der Waals surface area contributed by atoms with Crippen LogP contribution in [0.25, 0.3) is 11.3 Å². The van der Waals surface area contributed by atoms with Gasteiger partial charge in [-0.2, -0.15) is 18.4 Å². The zero-order valence-corrected chi connectivity index (χ0v) is 22.6. The lowest BCUT2D eigenvalue weighted by Gasteiger charge is -2.31. The largest absolute Gasteiger partial charge is 0.493 e. The first-order valence-corrected chi connectivity index (χ1v) is 14.0. The van der Waals surface area contributed by atoms with Crippen LogP contribution in [0.15, 0.2) is 18.2 Å². The maximum Gasteiger partial charge on any atom is 0.419 e. The number of nitriles is 1. The number of hydrogen-bond acceptors (Lipinski definition) is 7. The summed E-state index contributed by atoms with van der Waals surface area (Å²) in [5, 5.41) is 9.62. The second-order valence-corrected chi connectivity index (χ2v) is 11.0. The van der Waals surface area contributed by atoms with Crippen molar-refractivity contribution in [3.63, 3.8) is 0 Å². The van der Waals surface area contributed by atoms with Crippen molar-refractivity contribution in [1.82, 2.24) is 14.9 Å². The number of rotatable bonds is 8. The number of benzene rings is 1. The van der Waals surface area contributed by atoms with E-state index in [0.29, 0.717) is 42.1 Å². The average molecular weight is 544 g/mol. The Bertz CT molecular complexity index is 1200. The first-order valence-electron chi connectivity index (χ1n) is 14.0. The van der Waals surface area contributed by atoms with E-state index in [1.165, 1.54) is 6.07 Å². The topological polar surface area (TPSA) is 74.5 Å². The highest BCUT2D eigenvalue weighted by Crippen LogP contribution is 2.44. The Morgan fingerprint density at radius 1 is 1.15 bits per heavy atom. The number of alkyl halides is 3. The lowest BCUT2D eigenvalue weighted by Crippen LogP contribution is -2.33. The van der Waals surface area contributed by atoms with Gasteiger partial charge in [0.2, 0.25) is 5.82 Å². The maximum atomic E-state index is 14.2. The van der Waals surface area contributed by atoms with E-state index in [0.717, 1.165) is 70.1 Å². The number of hydrogen-bond donors (Lipinski definition) is 0. The van der Waals surface area contributed by atoms with Gasteiger partial charge in [0.05, 0.1) is 24.5 Å². The fourth-order valence-corrected chi connectivity index (χ4v) is 6.08. The molecule has 2 fully saturated rings. The monoisotopic (exact) mass is 543 g/mol. The summed E-state index contributed by atoms with van der Waals surface area (Å²) >= 11 is 0. The van der Waals surface area contributed by atoms with E-state index in [-0.39, 0.29) is 24.1 Å². The van der Waals surface area contributed by atoms with Crippen LogP contribution in [-0.4, -0.2) is 67.4 Å². The average Bonchev–Trinajstić information content (AvgIpc) is 3.56. The van der Waals surface area contributed by atoms with E-state index >= 15 is 0 Å². The fraction of sp³-hybridized carbons (Fsp3) is 0.621. The first kappa shape index (κ1) is 27.7. The van der Waals surface area contributed by atoms with Crippen molar-refractivity contribution in [3.05, 3.63) is 35.2 Å². The fourth-order valence-electron chi connectivity index (χ4n) is 6.08. The van der Waals surface area contributed by atoms with E-state index in [1.54, 1.807) is 6.07 Å². The standard InChI is InChI=1S/C29H36F3N5O2/c1-3-36-10-6-20(7-11-36)9-13-39-24-5-4-22(14-23(24)29(30,31)32)27-26-19(2)16-37(17-21-8-12-38-18-21)28(26)35-25(15-33)34-27/h4-5,14,19-21H,3,6-13,16-18H2,1-2H3.